The topological polar surface area (TPSA) is 66.5 Å². The second kappa shape index (κ2) is 9.79. The molecule has 0 unspecified atom stereocenters. The van der Waals surface area contributed by atoms with E-state index in [4.69, 9.17) is 0 Å². The quantitative estimate of drug-likeness (QED) is 0.520. The molecule has 6 heteroatoms. The number of aryl methyl sites for hydroxylation is 2. The molecule has 0 fully saturated rings. The first-order valence-corrected chi connectivity index (χ1v) is 12.9. The zero-order chi connectivity index (χ0) is 23.4. The molecule has 0 bridgehead atoms. The van der Waals surface area contributed by atoms with Gasteiger partial charge in [0.1, 0.15) is 0 Å². The van der Waals surface area contributed by atoms with Crippen molar-refractivity contribution in [2.45, 2.75) is 50.0 Å². The minimum atomic E-state index is -3.66. The fourth-order valence-corrected chi connectivity index (χ4v) is 5.56. The molecule has 3 aromatic carbocycles. The van der Waals surface area contributed by atoms with Crippen LogP contribution < -0.4 is 9.62 Å². The van der Waals surface area contributed by atoms with Gasteiger partial charge in [-0.2, -0.15) is 0 Å². The van der Waals surface area contributed by atoms with E-state index in [2.05, 4.69) is 30.4 Å². The Kier molecular flexibility index (Phi) is 6.84. The van der Waals surface area contributed by atoms with Crippen molar-refractivity contribution in [3.63, 3.8) is 0 Å². The summed E-state index contributed by atoms with van der Waals surface area (Å²) in [5.74, 6) is -0.167. The average molecular weight is 463 g/mol. The molecule has 33 heavy (non-hydrogen) atoms. The van der Waals surface area contributed by atoms with Gasteiger partial charge in [-0.15, -0.1) is 0 Å². The van der Waals surface area contributed by atoms with Gasteiger partial charge in [-0.25, -0.2) is 8.42 Å². The van der Waals surface area contributed by atoms with Crippen molar-refractivity contribution in [1.82, 2.24) is 5.32 Å². The second-order valence-electron chi connectivity index (χ2n) is 8.50. The summed E-state index contributed by atoms with van der Waals surface area (Å²) in [5.41, 5.74) is 4.96. The normalized spacial score (nSPS) is 14.2. The van der Waals surface area contributed by atoms with Gasteiger partial charge in [0.05, 0.1) is 16.6 Å². The summed E-state index contributed by atoms with van der Waals surface area (Å²) in [6, 6.07) is 21.5. The summed E-state index contributed by atoms with van der Waals surface area (Å²) in [7, 11) is -2.14. The number of carbonyl (C=O) groups excluding carboxylic acids is 1. The highest BCUT2D eigenvalue weighted by Gasteiger charge is 2.22. The summed E-state index contributed by atoms with van der Waals surface area (Å²) in [4.78, 5) is 13.2. The van der Waals surface area contributed by atoms with E-state index in [1.807, 2.05) is 0 Å². The minimum absolute atomic E-state index is 0.0643. The molecule has 5 nitrogen and oxygen atoms in total. The number of sulfonamides is 1. The van der Waals surface area contributed by atoms with Crippen LogP contribution in [0.1, 0.15) is 59.3 Å². The molecule has 0 saturated carbocycles. The van der Waals surface area contributed by atoms with Crippen LogP contribution in [-0.2, 0) is 22.9 Å². The van der Waals surface area contributed by atoms with E-state index in [9.17, 15) is 13.2 Å². The van der Waals surface area contributed by atoms with Crippen LogP contribution in [0.15, 0.2) is 77.7 Å². The molecule has 1 amide bonds. The number of anilines is 1. The highest BCUT2D eigenvalue weighted by atomic mass is 32.2. The van der Waals surface area contributed by atoms with Crippen molar-refractivity contribution in [2.75, 3.05) is 11.4 Å². The number of nitrogens with one attached hydrogen (secondary N) is 1. The molecule has 172 valence electrons. The molecule has 1 aliphatic carbocycles. The molecule has 0 aromatic heterocycles. The van der Waals surface area contributed by atoms with E-state index in [1.54, 1.807) is 54.6 Å². The summed E-state index contributed by atoms with van der Waals surface area (Å²) < 4.78 is 26.9. The molecule has 4 rings (SSSR count). The Morgan fingerprint density at radius 1 is 0.939 bits per heavy atom. The number of fused-ring (bicyclic) bond motifs is 1. The van der Waals surface area contributed by atoms with Gasteiger partial charge in [-0.3, -0.25) is 9.10 Å². The fraction of sp³-hybridized carbons (Fsp3) is 0.296. The lowest BCUT2D eigenvalue weighted by Crippen LogP contribution is -2.29. The van der Waals surface area contributed by atoms with Crippen molar-refractivity contribution in [2.24, 2.45) is 0 Å². The van der Waals surface area contributed by atoms with Gasteiger partial charge >= 0.3 is 0 Å². The SMILES string of the molecule is CC[C@H](NC(=O)c1ccc(N(C)S(=O)(=O)c2ccccc2)cc1)c1ccc2c(c1)CCCC2. The van der Waals surface area contributed by atoms with Gasteiger partial charge in [-0.05, 0) is 85.2 Å². The van der Waals surface area contributed by atoms with E-state index in [1.165, 1.54) is 35.3 Å². The number of carbonyl (C=O) groups is 1. The van der Waals surface area contributed by atoms with Crippen LogP contribution >= 0.6 is 0 Å². The monoisotopic (exact) mass is 462 g/mol. The van der Waals surface area contributed by atoms with Crippen molar-refractivity contribution in [3.8, 4) is 0 Å². The number of hydrogen-bond acceptors (Lipinski definition) is 3. The summed E-state index contributed by atoms with van der Waals surface area (Å²) in [6.07, 6.45) is 5.51. The van der Waals surface area contributed by atoms with Crippen molar-refractivity contribution >= 4 is 21.6 Å². The third-order valence-electron chi connectivity index (χ3n) is 6.38. The third-order valence-corrected chi connectivity index (χ3v) is 8.18. The van der Waals surface area contributed by atoms with Crippen LogP contribution in [0, 0.1) is 0 Å². The van der Waals surface area contributed by atoms with E-state index in [0.29, 0.717) is 11.3 Å². The summed E-state index contributed by atoms with van der Waals surface area (Å²) in [6.45, 7) is 2.07. The highest BCUT2D eigenvalue weighted by molar-refractivity contribution is 7.92. The average Bonchev–Trinajstić information content (AvgIpc) is 2.87. The van der Waals surface area contributed by atoms with Crippen molar-refractivity contribution in [3.05, 3.63) is 95.1 Å². The maximum Gasteiger partial charge on any atom is 0.264 e. The first-order valence-electron chi connectivity index (χ1n) is 11.5. The maximum absolute atomic E-state index is 12.9. The van der Waals surface area contributed by atoms with E-state index in [0.717, 1.165) is 24.8 Å². The zero-order valence-corrected chi connectivity index (χ0v) is 19.9. The second-order valence-corrected chi connectivity index (χ2v) is 10.5. The first-order chi connectivity index (χ1) is 15.9. The lowest BCUT2D eigenvalue weighted by Gasteiger charge is -2.22. The summed E-state index contributed by atoms with van der Waals surface area (Å²) in [5, 5.41) is 3.14. The summed E-state index contributed by atoms with van der Waals surface area (Å²) >= 11 is 0. The van der Waals surface area contributed by atoms with Gasteiger partial charge < -0.3 is 5.32 Å². The number of nitrogens with zero attached hydrogens (tertiary/aromatic N) is 1. The third kappa shape index (κ3) is 4.96. The van der Waals surface area contributed by atoms with Crippen LogP contribution in [0.4, 0.5) is 5.69 Å². The Labute approximate surface area is 196 Å². The molecule has 1 N–H and O–H groups in total. The largest absolute Gasteiger partial charge is 0.345 e. The Hall–Kier alpha value is -3.12. The van der Waals surface area contributed by atoms with Crippen LogP contribution in [-0.4, -0.2) is 21.4 Å². The predicted octanol–water partition coefficient (Wildman–Crippen LogP) is 5.27. The highest BCUT2D eigenvalue weighted by Crippen LogP contribution is 2.27. The number of hydrogen-bond donors (Lipinski definition) is 1. The fourth-order valence-electron chi connectivity index (χ4n) is 4.34. The molecule has 1 atom stereocenters. The Bertz CT molecular complexity index is 1220. The Balaban J connectivity index is 1.48. The van der Waals surface area contributed by atoms with Crippen molar-refractivity contribution < 1.29 is 13.2 Å². The lowest BCUT2D eigenvalue weighted by molar-refractivity contribution is 0.0935. The molecule has 0 heterocycles. The molecular weight excluding hydrogens is 432 g/mol. The van der Waals surface area contributed by atoms with E-state index >= 15 is 0 Å². The van der Waals surface area contributed by atoms with Crippen LogP contribution in [0.5, 0.6) is 0 Å². The Morgan fingerprint density at radius 2 is 1.61 bits per heavy atom. The molecule has 0 spiro atoms. The number of rotatable bonds is 7. The van der Waals surface area contributed by atoms with Gasteiger partial charge in [0.2, 0.25) is 0 Å². The zero-order valence-electron chi connectivity index (χ0n) is 19.1. The molecular formula is C27H30N2O3S. The van der Waals surface area contributed by atoms with Gasteiger partial charge in [-0.1, -0.05) is 43.3 Å². The van der Waals surface area contributed by atoms with Crippen LogP contribution in [0.25, 0.3) is 0 Å². The van der Waals surface area contributed by atoms with E-state index in [-0.39, 0.29) is 16.8 Å². The van der Waals surface area contributed by atoms with Gasteiger partial charge in [0, 0.05) is 12.6 Å². The number of benzene rings is 3. The van der Waals surface area contributed by atoms with Crippen LogP contribution in [0.2, 0.25) is 0 Å². The van der Waals surface area contributed by atoms with Gasteiger partial charge in [0.15, 0.2) is 0 Å². The van der Waals surface area contributed by atoms with Crippen LogP contribution in [0.3, 0.4) is 0 Å². The van der Waals surface area contributed by atoms with E-state index < -0.39 is 10.0 Å². The molecule has 3 aromatic rings. The van der Waals surface area contributed by atoms with Crippen molar-refractivity contribution in [1.29, 1.82) is 0 Å². The molecule has 1 aliphatic rings. The lowest BCUT2D eigenvalue weighted by atomic mass is 9.88. The molecule has 0 saturated heterocycles. The predicted molar refractivity (Wildman–Crippen MR) is 132 cm³/mol. The first kappa shape index (κ1) is 23.1. The maximum atomic E-state index is 12.9. The Morgan fingerprint density at radius 3 is 2.27 bits per heavy atom. The minimum Gasteiger partial charge on any atom is -0.345 e. The smallest absolute Gasteiger partial charge is 0.264 e. The number of amides is 1. The molecule has 0 aliphatic heterocycles. The van der Waals surface area contributed by atoms with Gasteiger partial charge in [0.25, 0.3) is 15.9 Å². The standard InChI is InChI=1S/C27H30N2O3S/c1-3-26(23-14-13-20-9-7-8-10-22(20)19-23)28-27(30)21-15-17-24(18-16-21)29(2)33(31,32)25-11-5-4-6-12-25/h4-6,11-19,26H,3,7-10H2,1-2H3,(H,28,30)/t26-/m0/s1. The molecule has 0 radical (unpaired) electrons.